The number of carbonyl (C=O) groups excluding carboxylic acids is 3. The number of esters is 1. The molecule has 1 aliphatic rings. The number of amides is 3. The van der Waals surface area contributed by atoms with Crippen LogP contribution in [0.5, 0.6) is 0 Å². The van der Waals surface area contributed by atoms with E-state index < -0.39 is 29.7 Å². The maximum Gasteiger partial charge on any atom is 0.320 e. The van der Waals surface area contributed by atoms with E-state index in [1.165, 1.54) is 4.90 Å². The van der Waals surface area contributed by atoms with E-state index in [0.717, 1.165) is 5.56 Å². The second-order valence-corrected chi connectivity index (χ2v) is 9.00. The van der Waals surface area contributed by atoms with Gasteiger partial charge in [-0.25, -0.2) is 4.79 Å². The molecular weight excluding hydrogens is 530 g/mol. The highest BCUT2D eigenvalue weighted by Gasteiger charge is 2.54. The highest BCUT2D eigenvalue weighted by Crippen LogP contribution is 2.43. The lowest BCUT2D eigenvalue weighted by atomic mass is 9.87. The fourth-order valence-corrected chi connectivity index (χ4v) is 4.29. The van der Waals surface area contributed by atoms with Gasteiger partial charge in [0.1, 0.15) is 6.61 Å². The number of para-hydroxylation sites is 1. The summed E-state index contributed by atoms with van der Waals surface area (Å²) in [6.07, 6.45) is -1.05. The normalized spacial score (nSPS) is 16.7. The van der Waals surface area contributed by atoms with Gasteiger partial charge in [-0.15, -0.1) is 0 Å². The van der Waals surface area contributed by atoms with E-state index in [-0.39, 0.29) is 19.6 Å². The lowest BCUT2D eigenvalue weighted by Crippen LogP contribution is -2.56. The van der Waals surface area contributed by atoms with Crippen LogP contribution in [-0.2, 0) is 29.3 Å². The van der Waals surface area contributed by atoms with Crippen molar-refractivity contribution in [2.45, 2.75) is 39.0 Å². The number of nitrogens with one attached hydrogen (secondary N) is 2. The lowest BCUT2D eigenvalue weighted by molar-refractivity contribution is -0.147. The van der Waals surface area contributed by atoms with E-state index in [0.29, 0.717) is 35.5 Å². The van der Waals surface area contributed by atoms with Crippen molar-refractivity contribution in [3.05, 3.63) is 59.7 Å². The third-order valence-electron chi connectivity index (χ3n) is 5.69. The van der Waals surface area contributed by atoms with E-state index in [4.69, 9.17) is 14.2 Å². The predicted octanol–water partition coefficient (Wildman–Crippen LogP) is 4.09. The highest BCUT2D eigenvalue weighted by molar-refractivity contribution is 9.09. The summed E-state index contributed by atoms with van der Waals surface area (Å²) in [5.74, 6) is -1.08. The van der Waals surface area contributed by atoms with E-state index >= 15 is 0 Å². The molecule has 0 fully saturated rings. The smallest absolute Gasteiger partial charge is 0.320 e. The first-order valence-corrected chi connectivity index (χ1v) is 13.0. The molecule has 1 unspecified atom stereocenters. The summed E-state index contributed by atoms with van der Waals surface area (Å²) in [6.45, 7) is 6.65. The molecule has 0 spiro atoms. The molecular formula is C26H32BrN3O6. The Balaban J connectivity index is 1.97. The number of hydrogen-bond donors (Lipinski definition) is 2. The molecule has 1 atom stereocenters. The van der Waals surface area contributed by atoms with Gasteiger partial charge in [0.2, 0.25) is 0 Å². The minimum absolute atomic E-state index is 0.0942. The zero-order valence-electron chi connectivity index (χ0n) is 20.7. The van der Waals surface area contributed by atoms with Crippen LogP contribution in [0.3, 0.4) is 0 Å². The minimum Gasteiger partial charge on any atom is -0.465 e. The van der Waals surface area contributed by atoms with Gasteiger partial charge in [0, 0.05) is 29.8 Å². The van der Waals surface area contributed by atoms with Crippen molar-refractivity contribution in [2.75, 3.05) is 41.9 Å². The van der Waals surface area contributed by atoms with Gasteiger partial charge in [0.05, 0.1) is 18.7 Å². The van der Waals surface area contributed by atoms with Crippen LogP contribution < -0.4 is 15.5 Å². The quantitative estimate of drug-likeness (QED) is 0.230. The fraction of sp³-hybridized carbons (Fsp3) is 0.423. The Morgan fingerprint density at radius 2 is 1.72 bits per heavy atom. The van der Waals surface area contributed by atoms with Crippen molar-refractivity contribution in [3.8, 4) is 0 Å². The Bertz CT molecular complexity index is 1060. The molecule has 0 radical (unpaired) electrons. The molecule has 2 aromatic carbocycles. The van der Waals surface area contributed by atoms with Gasteiger partial charge < -0.3 is 29.7 Å². The van der Waals surface area contributed by atoms with Gasteiger partial charge in [-0.1, -0.05) is 51.8 Å². The Hall–Kier alpha value is -2.95. The third kappa shape index (κ3) is 6.43. The number of hydrogen-bond acceptors (Lipinski definition) is 6. The third-order valence-corrected chi connectivity index (χ3v) is 6.01. The summed E-state index contributed by atoms with van der Waals surface area (Å²) < 4.78 is 16.6. The lowest BCUT2D eigenvalue weighted by Gasteiger charge is -2.30. The van der Waals surface area contributed by atoms with E-state index in [2.05, 4.69) is 26.6 Å². The second-order valence-electron chi connectivity index (χ2n) is 8.21. The molecule has 1 aliphatic heterocycles. The molecule has 0 saturated heterocycles. The summed E-state index contributed by atoms with van der Waals surface area (Å²) in [5.41, 5.74) is 0.990. The first-order chi connectivity index (χ1) is 17.3. The highest BCUT2D eigenvalue weighted by atomic mass is 79.9. The number of anilines is 2. The van der Waals surface area contributed by atoms with E-state index in [1.54, 1.807) is 36.4 Å². The number of alkyl halides is 1. The Morgan fingerprint density at radius 3 is 2.36 bits per heavy atom. The van der Waals surface area contributed by atoms with Crippen LogP contribution in [-0.4, -0.2) is 55.9 Å². The zero-order valence-corrected chi connectivity index (χ0v) is 22.3. The molecule has 36 heavy (non-hydrogen) atoms. The summed E-state index contributed by atoms with van der Waals surface area (Å²) in [4.78, 5) is 41.5. The summed E-state index contributed by atoms with van der Waals surface area (Å²) in [6, 6.07) is 13.7. The van der Waals surface area contributed by atoms with Crippen LogP contribution in [0.2, 0.25) is 0 Å². The van der Waals surface area contributed by atoms with Crippen LogP contribution in [0.1, 0.15) is 31.4 Å². The molecule has 3 rings (SSSR count). The monoisotopic (exact) mass is 561 g/mol. The maximum absolute atomic E-state index is 14.0. The first-order valence-electron chi connectivity index (χ1n) is 11.9. The number of urea groups is 1. The van der Waals surface area contributed by atoms with Crippen molar-refractivity contribution >= 4 is 45.2 Å². The Morgan fingerprint density at radius 1 is 1.06 bits per heavy atom. The summed E-state index contributed by atoms with van der Waals surface area (Å²) >= 11 is 3.23. The first kappa shape index (κ1) is 27.6. The standard InChI is InChI=1S/C26H32BrN3O6/c1-4-34-23(35-5-2)17-30-21-9-7-6-8-20(21)26(24(30)32,16-22(31)36-15-14-27)29-25(33)28-19-12-10-18(3)11-13-19/h6-13,23H,4-5,14-17H2,1-3H3,(H2,28,29,33). The average Bonchev–Trinajstić information content (AvgIpc) is 3.07. The SMILES string of the molecule is CCOC(CN1C(=O)C(CC(=O)OCCBr)(NC(=O)Nc2ccc(C)cc2)c2ccccc21)OCC. The van der Waals surface area contributed by atoms with Crippen molar-refractivity contribution in [1.82, 2.24) is 5.32 Å². The van der Waals surface area contributed by atoms with Gasteiger partial charge in [0.25, 0.3) is 5.91 Å². The largest absolute Gasteiger partial charge is 0.465 e. The molecule has 0 aromatic heterocycles. The number of ether oxygens (including phenoxy) is 3. The molecule has 10 heteroatoms. The number of benzene rings is 2. The molecule has 0 saturated carbocycles. The molecule has 1 heterocycles. The molecule has 2 N–H and O–H groups in total. The number of nitrogens with zero attached hydrogens (tertiary/aromatic N) is 1. The van der Waals surface area contributed by atoms with Gasteiger partial charge in [0.15, 0.2) is 11.8 Å². The number of fused-ring (bicyclic) bond motifs is 1. The summed E-state index contributed by atoms with van der Waals surface area (Å²) in [7, 11) is 0. The van der Waals surface area contributed by atoms with Crippen molar-refractivity contribution in [3.63, 3.8) is 0 Å². The van der Waals surface area contributed by atoms with E-state index in [9.17, 15) is 14.4 Å². The number of carbonyl (C=O) groups is 3. The van der Waals surface area contributed by atoms with Gasteiger partial charge in [-0.2, -0.15) is 0 Å². The van der Waals surface area contributed by atoms with Crippen molar-refractivity contribution in [1.29, 1.82) is 0 Å². The van der Waals surface area contributed by atoms with E-state index in [1.807, 2.05) is 32.9 Å². The van der Waals surface area contributed by atoms with Crippen molar-refractivity contribution in [2.24, 2.45) is 0 Å². The summed E-state index contributed by atoms with van der Waals surface area (Å²) in [5, 5.41) is 6.01. The molecule has 3 amide bonds. The topological polar surface area (TPSA) is 106 Å². The molecule has 194 valence electrons. The number of rotatable bonds is 12. The maximum atomic E-state index is 14.0. The van der Waals surface area contributed by atoms with Crippen molar-refractivity contribution < 1.29 is 28.6 Å². The second kappa shape index (κ2) is 12.8. The molecule has 0 bridgehead atoms. The number of halogens is 1. The number of aryl methyl sites for hydroxylation is 1. The fourth-order valence-electron chi connectivity index (χ4n) is 4.13. The molecule has 9 nitrogen and oxygen atoms in total. The molecule has 0 aliphatic carbocycles. The van der Waals surface area contributed by atoms with Crippen LogP contribution in [0.4, 0.5) is 16.2 Å². The minimum atomic E-state index is -1.67. The predicted molar refractivity (Wildman–Crippen MR) is 140 cm³/mol. The van der Waals surface area contributed by atoms with Crippen LogP contribution in [0.25, 0.3) is 0 Å². The van der Waals surface area contributed by atoms with Crippen LogP contribution >= 0.6 is 15.9 Å². The molecule has 2 aromatic rings. The van der Waals surface area contributed by atoms with Gasteiger partial charge in [-0.3, -0.25) is 9.59 Å². The van der Waals surface area contributed by atoms with Gasteiger partial charge in [-0.05, 0) is 39.0 Å². The zero-order chi connectivity index (χ0) is 26.1. The Kier molecular flexibility index (Phi) is 9.86. The average molecular weight is 562 g/mol. The van der Waals surface area contributed by atoms with Crippen LogP contribution in [0.15, 0.2) is 48.5 Å². The van der Waals surface area contributed by atoms with Gasteiger partial charge >= 0.3 is 12.0 Å². The van der Waals surface area contributed by atoms with Crippen LogP contribution in [0, 0.1) is 6.92 Å². The Labute approximate surface area is 219 Å².